The molecule has 8 nitrogen and oxygen atoms in total. The highest BCUT2D eigenvalue weighted by atomic mass is 16.6. The van der Waals surface area contributed by atoms with E-state index in [4.69, 9.17) is 4.74 Å². The van der Waals surface area contributed by atoms with Crippen molar-refractivity contribution in [2.45, 2.75) is 19.3 Å². The van der Waals surface area contributed by atoms with E-state index in [0.717, 1.165) is 25.3 Å². The normalized spacial score (nSPS) is 26.7. The van der Waals surface area contributed by atoms with E-state index >= 15 is 0 Å². The molecular weight excluding hydrogens is 388 g/mol. The minimum Gasteiger partial charge on any atom is -0.423 e. The molecule has 2 amide bonds. The minimum atomic E-state index is -0.759. The number of rotatable bonds is 4. The number of hydrogen-bond donors (Lipinski definition) is 0. The van der Waals surface area contributed by atoms with Gasteiger partial charge in [-0.15, -0.1) is 0 Å². The van der Waals surface area contributed by atoms with Crippen LogP contribution < -0.4 is 9.64 Å². The van der Waals surface area contributed by atoms with Gasteiger partial charge in [0.2, 0.25) is 11.8 Å². The summed E-state index contributed by atoms with van der Waals surface area (Å²) in [6.07, 6.45) is 2.96. The summed E-state index contributed by atoms with van der Waals surface area (Å²) in [6, 6.07) is 11.5. The highest BCUT2D eigenvalue weighted by Gasteiger charge is 2.61. The molecule has 8 heteroatoms. The van der Waals surface area contributed by atoms with Crippen LogP contribution in [0.4, 0.5) is 11.4 Å². The second-order valence-electron chi connectivity index (χ2n) is 8.09. The monoisotopic (exact) mass is 406 g/mol. The fourth-order valence-electron chi connectivity index (χ4n) is 5.26. The van der Waals surface area contributed by atoms with Crippen molar-refractivity contribution in [3.63, 3.8) is 0 Å². The maximum Gasteiger partial charge on any atom is 0.343 e. The number of hydrogen-bond acceptors (Lipinski definition) is 6. The Morgan fingerprint density at radius 3 is 2.33 bits per heavy atom. The lowest BCUT2D eigenvalue weighted by Gasteiger charge is -2.19. The van der Waals surface area contributed by atoms with Gasteiger partial charge in [-0.1, -0.05) is 12.1 Å². The summed E-state index contributed by atoms with van der Waals surface area (Å²) >= 11 is 0. The lowest BCUT2D eigenvalue weighted by atomic mass is 9.81. The Morgan fingerprint density at radius 1 is 1.00 bits per heavy atom. The fraction of sp³-hybridized carbons (Fsp3) is 0.318. The van der Waals surface area contributed by atoms with Gasteiger partial charge in [-0.2, -0.15) is 0 Å². The SMILES string of the molecule is O=C(Oc1cccc(N2C(=O)[C@@H]3[C@H]4CC[C@@H](C4)[C@H]3C2=O)c1)c1cccc([N+](=O)[O-])c1. The Labute approximate surface area is 171 Å². The van der Waals surface area contributed by atoms with Crippen molar-refractivity contribution in [1.29, 1.82) is 0 Å². The zero-order valence-corrected chi connectivity index (χ0v) is 15.9. The molecule has 1 heterocycles. The van der Waals surface area contributed by atoms with Crippen molar-refractivity contribution in [3.05, 3.63) is 64.2 Å². The van der Waals surface area contributed by atoms with Crippen LogP contribution in [0.5, 0.6) is 5.75 Å². The third-order valence-electron chi connectivity index (χ3n) is 6.51. The summed E-state index contributed by atoms with van der Waals surface area (Å²) in [5.41, 5.74) is 0.199. The molecule has 0 unspecified atom stereocenters. The van der Waals surface area contributed by atoms with Crippen molar-refractivity contribution in [3.8, 4) is 5.75 Å². The van der Waals surface area contributed by atoms with E-state index in [1.807, 2.05) is 0 Å². The Morgan fingerprint density at radius 2 is 1.67 bits per heavy atom. The maximum absolute atomic E-state index is 13.0. The van der Waals surface area contributed by atoms with E-state index in [-0.39, 0.29) is 52.5 Å². The molecule has 2 aromatic carbocycles. The molecule has 2 aromatic rings. The molecule has 0 radical (unpaired) electrons. The van der Waals surface area contributed by atoms with E-state index in [9.17, 15) is 24.5 Å². The molecule has 0 N–H and O–H groups in total. The molecule has 3 fully saturated rings. The number of imide groups is 1. The number of ether oxygens (including phenoxy) is 1. The smallest absolute Gasteiger partial charge is 0.343 e. The van der Waals surface area contributed by atoms with Crippen molar-refractivity contribution >= 4 is 29.2 Å². The molecular formula is C22H18N2O6. The molecule has 1 aliphatic heterocycles. The molecule has 2 saturated carbocycles. The van der Waals surface area contributed by atoms with Crippen LogP contribution >= 0.6 is 0 Å². The molecule has 0 spiro atoms. The molecule has 2 bridgehead atoms. The van der Waals surface area contributed by atoms with Crippen molar-refractivity contribution in [2.24, 2.45) is 23.7 Å². The topological polar surface area (TPSA) is 107 Å². The van der Waals surface area contributed by atoms with Gasteiger partial charge in [-0.3, -0.25) is 19.7 Å². The van der Waals surface area contributed by atoms with Crippen LogP contribution in [-0.4, -0.2) is 22.7 Å². The Hall–Kier alpha value is -3.55. The lowest BCUT2D eigenvalue weighted by Crippen LogP contribution is -2.32. The zero-order chi connectivity index (χ0) is 21.0. The quantitative estimate of drug-likeness (QED) is 0.253. The Bertz CT molecular complexity index is 1070. The average molecular weight is 406 g/mol. The molecule has 1 saturated heterocycles. The lowest BCUT2D eigenvalue weighted by molar-refractivity contribution is -0.384. The standard InChI is InChI=1S/C22H18N2O6/c25-20-18-12-7-8-13(9-12)19(18)21(26)23(20)15-4-2-6-17(11-15)30-22(27)14-3-1-5-16(10-14)24(28)29/h1-6,10-13,18-19H,7-9H2/t12-,13-,18+,19+/m0/s1. The number of nitro groups is 1. The van der Waals surface area contributed by atoms with Gasteiger partial charge in [-0.05, 0) is 49.3 Å². The number of nitrogens with zero attached hydrogens (tertiary/aromatic N) is 2. The second-order valence-corrected chi connectivity index (χ2v) is 8.09. The first-order valence-electron chi connectivity index (χ1n) is 9.88. The summed E-state index contributed by atoms with van der Waals surface area (Å²) in [4.78, 5) is 49.9. The number of non-ortho nitro benzene ring substituents is 1. The zero-order valence-electron chi connectivity index (χ0n) is 15.9. The molecule has 0 aromatic heterocycles. The van der Waals surface area contributed by atoms with Crippen LogP contribution in [0.15, 0.2) is 48.5 Å². The van der Waals surface area contributed by atoms with Gasteiger partial charge in [0.25, 0.3) is 5.69 Å². The summed E-state index contributed by atoms with van der Waals surface area (Å²) in [5, 5.41) is 10.9. The minimum absolute atomic E-state index is 0.0361. The second kappa shape index (κ2) is 6.76. The number of carbonyl (C=O) groups is 3. The van der Waals surface area contributed by atoms with E-state index in [0.29, 0.717) is 5.69 Å². The number of fused-ring (bicyclic) bond motifs is 5. The first-order valence-corrected chi connectivity index (χ1v) is 9.88. The van der Waals surface area contributed by atoms with Crippen molar-refractivity contribution < 1.29 is 24.0 Å². The first-order chi connectivity index (χ1) is 14.4. The predicted molar refractivity (Wildman–Crippen MR) is 105 cm³/mol. The number of carbonyl (C=O) groups excluding carboxylic acids is 3. The Kier molecular flexibility index (Phi) is 4.16. The largest absolute Gasteiger partial charge is 0.423 e. The summed E-state index contributed by atoms with van der Waals surface area (Å²) in [5.74, 6) is -0.819. The van der Waals surface area contributed by atoms with Crippen LogP contribution in [-0.2, 0) is 9.59 Å². The summed E-state index contributed by atoms with van der Waals surface area (Å²) in [7, 11) is 0. The number of benzene rings is 2. The van der Waals surface area contributed by atoms with Crippen LogP contribution in [0, 0.1) is 33.8 Å². The molecule has 5 rings (SSSR count). The molecule has 3 aliphatic rings. The number of nitro benzene ring substituents is 1. The van der Waals surface area contributed by atoms with E-state index in [1.54, 1.807) is 12.1 Å². The first kappa shape index (κ1) is 18.5. The number of esters is 1. The molecule has 2 aliphatic carbocycles. The van der Waals surface area contributed by atoms with E-state index < -0.39 is 10.9 Å². The van der Waals surface area contributed by atoms with Gasteiger partial charge in [-0.25, -0.2) is 9.69 Å². The average Bonchev–Trinajstić information content (AvgIpc) is 3.42. The molecule has 30 heavy (non-hydrogen) atoms. The van der Waals surface area contributed by atoms with Crippen LogP contribution in [0.2, 0.25) is 0 Å². The predicted octanol–water partition coefficient (Wildman–Crippen LogP) is 3.35. The van der Waals surface area contributed by atoms with Gasteiger partial charge < -0.3 is 4.74 Å². The molecule has 4 atom stereocenters. The summed E-state index contributed by atoms with van der Waals surface area (Å²) in [6.45, 7) is 0. The third kappa shape index (κ3) is 2.79. The van der Waals surface area contributed by atoms with Gasteiger partial charge in [0.05, 0.1) is 28.0 Å². The fourth-order valence-corrected chi connectivity index (χ4v) is 5.26. The third-order valence-corrected chi connectivity index (χ3v) is 6.51. The van der Waals surface area contributed by atoms with Crippen LogP contribution in [0.3, 0.4) is 0 Å². The molecule has 152 valence electrons. The van der Waals surface area contributed by atoms with E-state index in [2.05, 4.69) is 0 Å². The van der Waals surface area contributed by atoms with Gasteiger partial charge >= 0.3 is 5.97 Å². The van der Waals surface area contributed by atoms with Crippen LogP contribution in [0.1, 0.15) is 29.6 Å². The van der Waals surface area contributed by atoms with Gasteiger partial charge in [0.15, 0.2) is 0 Å². The van der Waals surface area contributed by atoms with Gasteiger partial charge in [0.1, 0.15) is 5.75 Å². The number of amides is 2. The van der Waals surface area contributed by atoms with Crippen molar-refractivity contribution in [1.82, 2.24) is 0 Å². The van der Waals surface area contributed by atoms with E-state index in [1.165, 1.54) is 35.2 Å². The highest BCUT2D eigenvalue weighted by Crippen LogP contribution is 2.56. The number of anilines is 1. The highest BCUT2D eigenvalue weighted by molar-refractivity contribution is 6.22. The Balaban J connectivity index is 1.38. The van der Waals surface area contributed by atoms with Gasteiger partial charge in [0, 0.05) is 18.2 Å². The summed E-state index contributed by atoms with van der Waals surface area (Å²) < 4.78 is 5.34. The van der Waals surface area contributed by atoms with Crippen molar-refractivity contribution in [2.75, 3.05) is 4.90 Å². The maximum atomic E-state index is 13.0. The van der Waals surface area contributed by atoms with Crippen LogP contribution in [0.25, 0.3) is 0 Å².